The molecule has 0 bridgehead atoms. The van der Waals surface area contributed by atoms with E-state index < -0.39 is 0 Å². The van der Waals surface area contributed by atoms with E-state index in [1.54, 1.807) is 11.1 Å². The van der Waals surface area contributed by atoms with Crippen LogP contribution >= 0.6 is 0 Å². The van der Waals surface area contributed by atoms with Gasteiger partial charge in [-0.1, -0.05) is 24.6 Å². The van der Waals surface area contributed by atoms with Crippen LogP contribution in [0.1, 0.15) is 48.2 Å². The second kappa shape index (κ2) is 6.36. The molecule has 4 rings (SSSR count). The van der Waals surface area contributed by atoms with Crippen LogP contribution in [-0.2, 0) is 19.9 Å². The van der Waals surface area contributed by atoms with Crippen LogP contribution in [-0.4, -0.2) is 33.8 Å². The van der Waals surface area contributed by atoms with Gasteiger partial charge in [-0.3, -0.25) is 4.68 Å². The fraction of sp³-hybridized carbons (Fsp3) is 0.571. The van der Waals surface area contributed by atoms with Gasteiger partial charge in [0.1, 0.15) is 0 Å². The highest BCUT2D eigenvalue weighted by Crippen LogP contribution is 2.36. The number of benzene rings is 1. The summed E-state index contributed by atoms with van der Waals surface area (Å²) >= 11 is 0. The minimum absolute atomic E-state index is 0.754. The van der Waals surface area contributed by atoms with Crippen LogP contribution in [0.2, 0.25) is 0 Å². The largest absolute Gasteiger partial charge is 0.300 e. The molecule has 128 valence electrons. The first kappa shape index (κ1) is 15.9. The van der Waals surface area contributed by atoms with Crippen LogP contribution in [0.25, 0.3) is 11.1 Å². The monoisotopic (exact) mass is 323 g/mol. The summed E-state index contributed by atoms with van der Waals surface area (Å²) < 4.78 is 2.02. The van der Waals surface area contributed by atoms with Gasteiger partial charge >= 0.3 is 0 Å². The third kappa shape index (κ3) is 2.69. The average Bonchev–Trinajstić information content (AvgIpc) is 2.87. The summed E-state index contributed by atoms with van der Waals surface area (Å²) in [6.45, 7) is 6.94. The van der Waals surface area contributed by atoms with Gasteiger partial charge < -0.3 is 4.90 Å². The van der Waals surface area contributed by atoms with Gasteiger partial charge in [-0.15, -0.1) is 0 Å². The van der Waals surface area contributed by atoms with Gasteiger partial charge in [0, 0.05) is 24.3 Å². The number of rotatable bonds is 2. The van der Waals surface area contributed by atoms with Crippen molar-refractivity contribution in [1.82, 2.24) is 14.7 Å². The van der Waals surface area contributed by atoms with Gasteiger partial charge in [0.05, 0.1) is 5.69 Å². The second-order valence-electron chi connectivity index (χ2n) is 7.61. The Morgan fingerprint density at radius 2 is 1.88 bits per heavy atom. The fourth-order valence-corrected chi connectivity index (χ4v) is 4.78. The van der Waals surface area contributed by atoms with Crippen molar-refractivity contribution in [3.05, 3.63) is 40.7 Å². The van der Waals surface area contributed by atoms with Crippen molar-refractivity contribution < 1.29 is 0 Å². The zero-order valence-electron chi connectivity index (χ0n) is 15.3. The molecular formula is C21H29N3. The standard InChI is InChI=1S/C21H29N3/c1-15-21(16(2)23(3)22-15)20-9-7-8-17-14-18(10-11-19(17)20)24-12-5-4-6-13-24/h7-9,18H,4-6,10-14H2,1-3H3. The minimum Gasteiger partial charge on any atom is -0.300 e. The second-order valence-corrected chi connectivity index (χ2v) is 7.61. The van der Waals surface area contributed by atoms with Gasteiger partial charge in [-0.05, 0) is 75.7 Å². The van der Waals surface area contributed by atoms with Gasteiger partial charge in [0.15, 0.2) is 0 Å². The molecule has 1 unspecified atom stereocenters. The maximum atomic E-state index is 4.63. The van der Waals surface area contributed by atoms with Crippen LogP contribution in [0.3, 0.4) is 0 Å². The van der Waals surface area contributed by atoms with Crippen molar-refractivity contribution in [1.29, 1.82) is 0 Å². The molecule has 24 heavy (non-hydrogen) atoms. The topological polar surface area (TPSA) is 21.1 Å². The number of nitrogens with zero attached hydrogens (tertiary/aromatic N) is 3. The van der Waals surface area contributed by atoms with Crippen LogP contribution in [0.5, 0.6) is 0 Å². The summed E-state index contributed by atoms with van der Waals surface area (Å²) in [6.07, 6.45) is 7.93. The number of hydrogen-bond acceptors (Lipinski definition) is 2. The van der Waals surface area contributed by atoms with E-state index in [0.29, 0.717) is 0 Å². The highest BCUT2D eigenvalue weighted by Gasteiger charge is 2.27. The summed E-state index contributed by atoms with van der Waals surface area (Å²) in [6, 6.07) is 7.66. The van der Waals surface area contributed by atoms with Crippen LogP contribution in [0.4, 0.5) is 0 Å². The number of likely N-dealkylation sites (tertiary alicyclic amines) is 1. The SMILES string of the molecule is Cc1nn(C)c(C)c1-c1cccc2c1CCC(N1CCCCC1)C2. The molecule has 1 fully saturated rings. The molecule has 3 heteroatoms. The number of aromatic nitrogens is 2. The van der Waals surface area contributed by atoms with Crippen molar-refractivity contribution in [3.63, 3.8) is 0 Å². The first-order chi connectivity index (χ1) is 11.6. The van der Waals surface area contributed by atoms with Crippen molar-refractivity contribution in [2.45, 2.75) is 58.4 Å². The minimum atomic E-state index is 0.754. The predicted molar refractivity (Wildman–Crippen MR) is 99.4 cm³/mol. The van der Waals surface area contributed by atoms with E-state index in [9.17, 15) is 0 Å². The van der Waals surface area contributed by atoms with E-state index in [1.165, 1.54) is 68.4 Å². The Kier molecular flexibility index (Phi) is 4.21. The molecule has 3 nitrogen and oxygen atoms in total. The van der Waals surface area contributed by atoms with Crippen LogP contribution in [0, 0.1) is 13.8 Å². The Morgan fingerprint density at radius 3 is 2.58 bits per heavy atom. The van der Waals surface area contributed by atoms with Crippen LogP contribution < -0.4 is 0 Å². The lowest BCUT2D eigenvalue weighted by Crippen LogP contribution is -2.42. The Bertz CT molecular complexity index is 738. The van der Waals surface area contributed by atoms with Gasteiger partial charge in [0.2, 0.25) is 0 Å². The first-order valence-corrected chi connectivity index (χ1v) is 9.50. The lowest BCUT2D eigenvalue weighted by molar-refractivity contribution is 0.150. The van der Waals surface area contributed by atoms with Crippen molar-refractivity contribution in [2.75, 3.05) is 13.1 Å². The number of fused-ring (bicyclic) bond motifs is 1. The first-order valence-electron chi connectivity index (χ1n) is 9.50. The summed E-state index contributed by atoms with van der Waals surface area (Å²) in [5.74, 6) is 0. The molecule has 0 N–H and O–H groups in total. The van der Waals surface area contributed by atoms with Gasteiger partial charge in [-0.2, -0.15) is 5.10 Å². The van der Waals surface area contributed by atoms with E-state index in [-0.39, 0.29) is 0 Å². The Balaban J connectivity index is 1.67. The quantitative estimate of drug-likeness (QED) is 0.831. The summed E-state index contributed by atoms with van der Waals surface area (Å²) in [5, 5.41) is 4.63. The molecule has 2 aliphatic rings. The number of hydrogen-bond donors (Lipinski definition) is 0. The van der Waals surface area contributed by atoms with Crippen LogP contribution in [0.15, 0.2) is 18.2 Å². The normalized spacial score (nSPS) is 21.7. The predicted octanol–water partition coefficient (Wildman–Crippen LogP) is 4.05. The zero-order chi connectivity index (χ0) is 16.7. The third-order valence-corrected chi connectivity index (χ3v) is 6.14. The van der Waals surface area contributed by atoms with E-state index in [4.69, 9.17) is 0 Å². The van der Waals surface area contributed by atoms with E-state index >= 15 is 0 Å². The van der Waals surface area contributed by atoms with E-state index in [2.05, 4.69) is 42.0 Å². The molecule has 2 heterocycles. The molecule has 1 atom stereocenters. The molecule has 1 saturated heterocycles. The molecule has 1 aliphatic heterocycles. The zero-order valence-corrected chi connectivity index (χ0v) is 15.3. The van der Waals surface area contributed by atoms with Crippen molar-refractivity contribution in [2.24, 2.45) is 7.05 Å². The Labute approximate surface area is 145 Å². The molecule has 0 saturated carbocycles. The van der Waals surface area contributed by atoms with Gasteiger partial charge in [0.25, 0.3) is 0 Å². The summed E-state index contributed by atoms with van der Waals surface area (Å²) in [5.41, 5.74) is 8.35. The third-order valence-electron chi connectivity index (χ3n) is 6.14. The average molecular weight is 323 g/mol. The van der Waals surface area contributed by atoms with Gasteiger partial charge in [-0.25, -0.2) is 0 Å². The maximum absolute atomic E-state index is 4.63. The lowest BCUT2D eigenvalue weighted by atomic mass is 9.82. The lowest BCUT2D eigenvalue weighted by Gasteiger charge is -2.38. The number of aryl methyl sites for hydroxylation is 2. The smallest absolute Gasteiger partial charge is 0.0674 e. The summed E-state index contributed by atoms with van der Waals surface area (Å²) in [4.78, 5) is 2.75. The van der Waals surface area contributed by atoms with E-state index in [0.717, 1.165) is 11.7 Å². The van der Waals surface area contributed by atoms with Crippen molar-refractivity contribution in [3.8, 4) is 11.1 Å². The molecule has 2 aromatic rings. The molecule has 1 aromatic carbocycles. The number of piperidine rings is 1. The van der Waals surface area contributed by atoms with E-state index in [1.807, 2.05) is 11.7 Å². The molecule has 0 spiro atoms. The summed E-state index contributed by atoms with van der Waals surface area (Å²) in [7, 11) is 2.05. The maximum Gasteiger partial charge on any atom is 0.0674 e. The van der Waals surface area contributed by atoms with Crippen molar-refractivity contribution >= 4 is 0 Å². The molecule has 1 aliphatic carbocycles. The Hall–Kier alpha value is -1.61. The Morgan fingerprint density at radius 1 is 1.08 bits per heavy atom. The molecule has 1 aromatic heterocycles. The fourth-order valence-electron chi connectivity index (χ4n) is 4.78. The molecule has 0 amide bonds. The highest BCUT2D eigenvalue weighted by atomic mass is 15.3. The molecular weight excluding hydrogens is 294 g/mol. The molecule has 0 radical (unpaired) electrons. The highest BCUT2D eigenvalue weighted by molar-refractivity contribution is 5.73.